The molecule has 2 aromatic rings. The van der Waals surface area contributed by atoms with Crippen molar-refractivity contribution >= 4 is 11.6 Å². The molecule has 100 valence electrons. The summed E-state index contributed by atoms with van der Waals surface area (Å²) in [4.78, 5) is 0. The predicted octanol–water partition coefficient (Wildman–Crippen LogP) is 4.37. The topological polar surface area (TPSA) is 20.2 Å². The van der Waals surface area contributed by atoms with E-state index >= 15 is 0 Å². The molecule has 1 nitrogen and oxygen atoms in total. The number of aryl methyl sites for hydroxylation is 2. The van der Waals surface area contributed by atoms with Crippen molar-refractivity contribution < 1.29 is 9.50 Å². The Balaban J connectivity index is 2.20. The maximum atomic E-state index is 13.4. The van der Waals surface area contributed by atoms with Crippen LogP contribution < -0.4 is 0 Å². The van der Waals surface area contributed by atoms with Gasteiger partial charge in [0.1, 0.15) is 5.82 Å². The minimum absolute atomic E-state index is 0.0716. The average molecular weight is 279 g/mol. The molecule has 3 heteroatoms. The Labute approximate surface area is 117 Å². The van der Waals surface area contributed by atoms with E-state index in [9.17, 15) is 9.50 Å². The molecule has 1 atom stereocenters. The molecule has 2 rings (SSSR count). The van der Waals surface area contributed by atoms with Gasteiger partial charge in [-0.05, 0) is 37.1 Å². The van der Waals surface area contributed by atoms with E-state index in [1.165, 1.54) is 12.1 Å². The molecule has 1 N–H and O–H groups in total. The molecule has 0 bridgehead atoms. The SMILES string of the molecule is Cc1cc(C)cc(CC(O)c2ccc(Cl)c(F)c2)c1. The average Bonchev–Trinajstić information content (AvgIpc) is 2.31. The van der Waals surface area contributed by atoms with E-state index in [4.69, 9.17) is 11.6 Å². The Bertz CT molecular complexity index is 575. The highest BCUT2D eigenvalue weighted by Gasteiger charge is 2.11. The van der Waals surface area contributed by atoms with E-state index in [0.29, 0.717) is 12.0 Å². The number of rotatable bonds is 3. The van der Waals surface area contributed by atoms with Crippen molar-refractivity contribution in [1.82, 2.24) is 0 Å². The smallest absolute Gasteiger partial charge is 0.142 e. The number of benzene rings is 2. The summed E-state index contributed by atoms with van der Waals surface area (Å²) in [5, 5.41) is 10.2. The third-order valence-electron chi connectivity index (χ3n) is 3.04. The van der Waals surface area contributed by atoms with Crippen LogP contribution in [0.4, 0.5) is 4.39 Å². The van der Waals surface area contributed by atoms with Crippen molar-refractivity contribution in [1.29, 1.82) is 0 Å². The summed E-state index contributed by atoms with van der Waals surface area (Å²) in [6.07, 6.45) is -0.267. The zero-order chi connectivity index (χ0) is 14.0. The van der Waals surface area contributed by atoms with E-state index in [1.807, 2.05) is 26.0 Å². The molecule has 0 heterocycles. The van der Waals surface area contributed by atoms with Gasteiger partial charge in [-0.3, -0.25) is 0 Å². The largest absolute Gasteiger partial charge is 0.388 e. The highest BCUT2D eigenvalue weighted by atomic mass is 35.5. The number of halogens is 2. The van der Waals surface area contributed by atoms with Gasteiger partial charge in [0.25, 0.3) is 0 Å². The molecule has 0 spiro atoms. The first-order valence-electron chi connectivity index (χ1n) is 6.16. The lowest BCUT2D eigenvalue weighted by Gasteiger charge is -2.13. The van der Waals surface area contributed by atoms with Gasteiger partial charge in [-0.2, -0.15) is 0 Å². The van der Waals surface area contributed by atoms with Crippen LogP contribution in [0.5, 0.6) is 0 Å². The van der Waals surface area contributed by atoms with Gasteiger partial charge in [-0.25, -0.2) is 4.39 Å². The molecule has 0 aliphatic rings. The van der Waals surface area contributed by atoms with Crippen molar-refractivity contribution in [3.05, 3.63) is 69.5 Å². The number of hydrogen-bond acceptors (Lipinski definition) is 1. The van der Waals surface area contributed by atoms with E-state index in [2.05, 4.69) is 6.07 Å². The second kappa shape index (κ2) is 5.72. The van der Waals surface area contributed by atoms with Gasteiger partial charge in [0.2, 0.25) is 0 Å². The lowest BCUT2D eigenvalue weighted by molar-refractivity contribution is 0.178. The molecule has 0 saturated carbocycles. The molecule has 0 aromatic heterocycles. The van der Waals surface area contributed by atoms with Gasteiger partial charge in [-0.15, -0.1) is 0 Å². The van der Waals surface area contributed by atoms with Crippen LogP contribution in [0.1, 0.15) is 28.4 Å². The van der Waals surface area contributed by atoms with Crippen LogP contribution in [0.2, 0.25) is 5.02 Å². The van der Waals surface area contributed by atoms with Crippen LogP contribution in [-0.2, 0) is 6.42 Å². The van der Waals surface area contributed by atoms with E-state index in [1.54, 1.807) is 6.07 Å². The fraction of sp³-hybridized carbons (Fsp3) is 0.250. The summed E-state index contributed by atoms with van der Waals surface area (Å²) in [7, 11) is 0. The minimum Gasteiger partial charge on any atom is -0.388 e. The van der Waals surface area contributed by atoms with Gasteiger partial charge < -0.3 is 5.11 Å². The predicted molar refractivity (Wildman–Crippen MR) is 76.0 cm³/mol. The molecule has 0 radical (unpaired) electrons. The molecule has 0 aliphatic heterocycles. The number of aliphatic hydroxyl groups excluding tert-OH is 1. The van der Waals surface area contributed by atoms with Crippen LogP contribution in [0.15, 0.2) is 36.4 Å². The minimum atomic E-state index is -0.729. The molecule has 0 amide bonds. The summed E-state index contributed by atoms with van der Waals surface area (Å²) < 4.78 is 13.4. The standard InChI is InChI=1S/C16H16ClFO/c1-10-5-11(2)7-12(6-10)8-16(19)13-3-4-14(17)15(18)9-13/h3-7,9,16,19H,8H2,1-2H3. The third-order valence-corrected chi connectivity index (χ3v) is 3.35. The second-order valence-corrected chi connectivity index (χ2v) is 5.30. The first kappa shape index (κ1) is 14.0. The molecular weight excluding hydrogens is 263 g/mol. The van der Waals surface area contributed by atoms with Crippen LogP contribution in [0, 0.1) is 19.7 Å². The maximum absolute atomic E-state index is 13.4. The normalized spacial score (nSPS) is 12.5. The third kappa shape index (κ3) is 3.55. The molecule has 19 heavy (non-hydrogen) atoms. The van der Waals surface area contributed by atoms with Gasteiger partial charge in [0.05, 0.1) is 11.1 Å². The van der Waals surface area contributed by atoms with Gasteiger partial charge >= 0.3 is 0 Å². The molecule has 1 unspecified atom stereocenters. The Morgan fingerprint density at radius 2 is 1.74 bits per heavy atom. The van der Waals surface area contributed by atoms with Crippen molar-refractivity contribution in [2.75, 3.05) is 0 Å². The van der Waals surface area contributed by atoms with Crippen LogP contribution >= 0.6 is 11.6 Å². The molecule has 0 aliphatic carbocycles. The van der Waals surface area contributed by atoms with E-state index in [-0.39, 0.29) is 5.02 Å². The van der Waals surface area contributed by atoms with Crippen LogP contribution in [0.3, 0.4) is 0 Å². The first-order chi connectivity index (χ1) is 8.95. The molecule has 2 aromatic carbocycles. The Hall–Kier alpha value is -1.38. The fourth-order valence-corrected chi connectivity index (χ4v) is 2.37. The Morgan fingerprint density at radius 1 is 1.11 bits per heavy atom. The van der Waals surface area contributed by atoms with Crippen molar-refractivity contribution in [3.63, 3.8) is 0 Å². The maximum Gasteiger partial charge on any atom is 0.142 e. The summed E-state index contributed by atoms with van der Waals surface area (Å²) in [5.41, 5.74) is 3.90. The van der Waals surface area contributed by atoms with E-state index in [0.717, 1.165) is 16.7 Å². The quantitative estimate of drug-likeness (QED) is 0.884. The zero-order valence-corrected chi connectivity index (χ0v) is 11.7. The number of aliphatic hydroxyl groups is 1. The van der Waals surface area contributed by atoms with E-state index < -0.39 is 11.9 Å². The summed E-state index contributed by atoms with van der Waals surface area (Å²) in [5.74, 6) is -0.501. The fourth-order valence-electron chi connectivity index (χ4n) is 2.25. The lowest BCUT2D eigenvalue weighted by atomic mass is 9.98. The Morgan fingerprint density at radius 3 is 2.32 bits per heavy atom. The highest BCUT2D eigenvalue weighted by Crippen LogP contribution is 2.23. The molecule has 0 fully saturated rings. The van der Waals surface area contributed by atoms with Crippen molar-refractivity contribution in [3.8, 4) is 0 Å². The van der Waals surface area contributed by atoms with Gasteiger partial charge in [-0.1, -0.05) is 47.0 Å². The zero-order valence-electron chi connectivity index (χ0n) is 11.0. The Kier molecular flexibility index (Phi) is 4.23. The van der Waals surface area contributed by atoms with Crippen LogP contribution in [-0.4, -0.2) is 5.11 Å². The highest BCUT2D eigenvalue weighted by molar-refractivity contribution is 6.30. The number of hydrogen-bond donors (Lipinski definition) is 1. The lowest BCUT2D eigenvalue weighted by Crippen LogP contribution is -2.03. The monoisotopic (exact) mass is 278 g/mol. The molecule has 0 saturated heterocycles. The van der Waals surface area contributed by atoms with Gasteiger partial charge in [0, 0.05) is 6.42 Å². The first-order valence-corrected chi connectivity index (χ1v) is 6.53. The van der Waals surface area contributed by atoms with Crippen LogP contribution in [0.25, 0.3) is 0 Å². The van der Waals surface area contributed by atoms with Gasteiger partial charge in [0.15, 0.2) is 0 Å². The molecular formula is C16H16ClFO. The summed E-state index contributed by atoms with van der Waals surface area (Å²) in [6, 6.07) is 10.5. The summed E-state index contributed by atoms with van der Waals surface area (Å²) >= 11 is 5.63. The second-order valence-electron chi connectivity index (χ2n) is 4.89. The van der Waals surface area contributed by atoms with Crippen molar-refractivity contribution in [2.24, 2.45) is 0 Å². The van der Waals surface area contributed by atoms with Crippen molar-refractivity contribution in [2.45, 2.75) is 26.4 Å². The summed E-state index contributed by atoms with van der Waals surface area (Å²) in [6.45, 7) is 4.04.